The molecule has 0 bridgehead atoms. The summed E-state index contributed by atoms with van der Waals surface area (Å²) in [6.07, 6.45) is 5.26. The van der Waals surface area contributed by atoms with Crippen LogP contribution < -0.4 is 5.48 Å². The van der Waals surface area contributed by atoms with Crippen LogP contribution in [0.25, 0.3) is 0 Å². The van der Waals surface area contributed by atoms with E-state index in [0.29, 0.717) is 6.42 Å². The van der Waals surface area contributed by atoms with E-state index in [2.05, 4.69) is 18.8 Å². The molecule has 0 aromatic carbocycles. The number of nitrogens with one attached hydrogen (secondary N) is 1. The standard InChI is InChI=1S/C10H17NO2/c1-2-3-4-5-6-7-8-9-10(12)11-13/h13H,2-5,8-9H2,1H3,(H,11,12). The molecule has 0 spiro atoms. The summed E-state index contributed by atoms with van der Waals surface area (Å²) in [6, 6.07) is 0. The second kappa shape index (κ2) is 9.08. The van der Waals surface area contributed by atoms with Gasteiger partial charge in [0.05, 0.1) is 0 Å². The first-order chi connectivity index (χ1) is 6.31. The lowest BCUT2D eigenvalue weighted by Gasteiger charge is -1.91. The quantitative estimate of drug-likeness (QED) is 0.296. The zero-order valence-electron chi connectivity index (χ0n) is 8.10. The van der Waals surface area contributed by atoms with E-state index in [0.717, 1.165) is 12.8 Å². The molecular formula is C10H17NO2. The molecule has 0 aromatic heterocycles. The van der Waals surface area contributed by atoms with Crippen LogP contribution in [-0.4, -0.2) is 11.1 Å². The fourth-order valence-corrected chi connectivity index (χ4v) is 0.872. The summed E-state index contributed by atoms with van der Waals surface area (Å²) in [5, 5.41) is 8.16. The molecule has 2 N–H and O–H groups in total. The van der Waals surface area contributed by atoms with E-state index in [9.17, 15) is 4.79 Å². The Kier molecular flexibility index (Phi) is 8.38. The number of hydroxylamine groups is 1. The Balaban J connectivity index is 3.25. The lowest BCUT2D eigenvalue weighted by molar-refractivity contribution is -0.129. The van der Waals surface area contributed by atoms with Gasteiger partial charge in [-0.3, -0.25) is 10.0 Å². The van der Waals surface area contributed by atoms with Gasteiger partial charge in [0, 0.05) is 19.3 Å². The van der Waals surface area contributed by atoms with Gasteiger partial charge in [-0.25, -0.2) is 5.48 Å². The summed E-state index contributed by atoms with van der Waals surface area (Å²) < 4.78 is 0. The minimum absolute atomic E-state index is 0.275. The molecule has 0 aliphatic carbocycles. The van der Waals surface area contributed by atoms with E-state index in [1.165, 1.54) is 12.8 Å². The number of amides is 1. The summed E-state index contributed by atoms with van der Waals surface area (Å²) in [7, 11) is 0. The van der Waals surface area contributed by atoms with Crippen molar-refractivity contribution in [2.24, 2.45) is 0 Å². The molecule has 0 saturated heterocycles. The second-order valence-corrected chi connectivity index (χ2v) is 2.85. The number of rotatable bonds is 5. The van der Waals surface area contributed by atoms with Gasteiger partial charge in [-0.05, 0) is 6.42 Å². The maximum Gasteiger partial charge on any atom is 0.244 e. The molecule has 0 unspecified atom stereocenters. The number of hydrogen-bond acceptors (Lipinski definition) is 2. The highest BCUT2D eigenvalue weighted by Gasteiger charge is 1.93. The first-order valence-electron chi connectivity index (χ1n) is 4.70. The number of unbranched alkanes of at least 4 members (excludes halogenated alkanes) is 3. The minimum Gasteiger partial charge on any atom is -0.289 e. The summed E-state index contributed by atoms with van der Waals surface area (Å²) >= 11 is 0. The molecule has 74 valence electrons. The first-order valence-corrected chi connectivity index (χ1v) is 4.70. The Morgan fingerprint density at radius 2 is 2.00 bits per heavy atom. The van der Waals surface area contributed by atoms with E-state index in [1.807, 2.05) is 0 Å². The van der Waals surface area contributed by atoms with Gasteiger partial charge in [0.15, 0.2) is 0 Å². The molecule has 0 saturated carbocycles. The third kappa shape index (κ3) is 8.90. The van der Waals surface area contributed by atoms with Crippen molar-refractivity contribution >= 4 is 5.91 Å². The predicted molar refractivity (Wildman–Crippen MR) is 51.1 cm³/mol. The van der Waals surface area contributed by atoms with Crippen molar-refractivity contribution in [3.05, 3.63) is 0 Å². The maximum atomic E-state index is 10.5. The Hall–Kier alpha value is -1.01. The van der Waals surface area contributed by atoms with Crippen molar-refractivity contribution in [3.63, 3.8) is 0 Å². The minimum atomic E-state index is -0.372. The van der Waals surface area contributed by atoms with Gasteiger partial charge in [0.25, 0.3) is 0 Å². The molecule has 0 radical (unpaired) electrons. The van der Waals surface area contributed by atoms with Crippen LogP contribution in [0.2, 0.25) is 0 Å². The molecule has 1 amide bonds. The zero-order chi connectivity index (χ0) is 9.94. The summed E-state index contributed by atoms with van der Waals surface area (Å²) in [4.78, 5) is 10.5. The van der Waals surface area contributed by atoms with Gasteiger partial charge in [-0.1, -0.05) is 19.8 Å². The Bertz CT molecular complexity index is 191. The van der Waals surface area contributed by atoms with E-state index in [-0.39, 0.29) is 12.3 Å². The maximum absolute atomic E-state index is 10.5. The third-order valence-electron chi connectivity index (χ3n) is 1.63. The fourth-order valence-electron chi connectivity index (χ4n) is 0.872. The average Bonchev–Trinajstić information content (AvgIpc) is 2.16. The van der Waals surface area contributed by atoms with E-state index in [1.54, 1.807) is 5.48 Å². The monoisotopic (exact) mass is 183 g/mol. The Morgan fingerprint density at radius 3 is 2.62 bits per heavy atom. The average molecular weight is 183 g/mol. The molecule has 3 heteroatoms. The van der Waals surface area contributed by atoms with Gasteiger partial charge < -0.3 is 0 Å². The van der Waals surface area contributed by atoms with Crippen LogP contribution in [0.1, 0.15) is 45.4 Å². The van der Waals surface area contributed by atoms with Crippen LogP contribution in [0.3, 0.4) is 0 Å². The molecule has 13 heavy (non-hydrogen) atoms. The normalized spacial score (nSPS) is 8.77. The lowest BCUT2D eigenvalue weighted by Crippen LogP contribution is -2.17. The van der Waals surface area contributed by atoms with Crippen molar-refractivity contribution < 1.29 is 10.0 Å². The van der Waals surface area contributed by atoms with Crippen LogP contribution in [0.15, 0.2) is 0 Å². The van der Waals surface area contributed by atoms with Crippen molar-refractivity contribution in [3.8, 4) is 11.8 Å². The van der Waals surface area contributed by atoms with Crippen LogP contribution in [0, 0.1) is 11.8 Å². The van der Waals surface area contributed by atoms with Crippen LogP contribution in [0.4, 0.5) is 0 Å². The first kappa shape index (κ1) is 12.0. The summed E-state index contributed by atoms with van der Waals surface area (Å²) in [6.45, 7) is 2.15. The molecular weight excluding hydrogens is 166 g/mol. The molecule has 0 aliphatic heterocycles. The Labute approximate surface area is 79.5 Å². The van der Waals surface area contributed by atoms with Gasteiger partial charge in [-0.2, -0.15) is 0 Å². The molecule has 0 heterocycles. The summed E-state index contributed by atoms with van der Waals surface area (Å²) in [5.74, 6) is 5.50. The highest BCUT2D eigenvalue weighted by molar-refractivity contribution is 5.74. The predicted octanol–water partition coefficient (Wildman–Crippen LogP) is 1.86. The lowest BCUT2D eigenvalue weighted by atomic mass is 10.2. The van der Waals surface area contributed by atoms with Gasteiger partial charge in [0.1, 0.15) is 0 Å². The third-order valence-corrected chi connectivity index (χ3v) is 1.63. The van der Waals surface area contributed by atoms with Crippen LogP contribution >= 0.6 is 0 Å². The van der Waals surface area contributed by atoms with Gasteiger partial charge in [-0.15, -0.1) is 11.8 Å². The Morgan fingerprint density at radius 1 is 1.31 bits per heavy atom. The largest absolute Gasteiger partial charge is 0.289 e. The molecule has 0 fully saturated rings. The van der Waals surface area contributed by atoms with Crippen molar-refractivity contribution in [1.82, 2.24) is 5.48 Å². The van der Waals surface area contributed by atoms with Crippen molar-refractivity contribution in [1.29, 1.82) is 0 Å². The molecule has 0 aromatic rings. The van der Waals surface area contributed by atoms with Gasteiger partial charge >= 0.3 is 0 Å². The highest BCUT2D eigenvalue weighted by Crippen LogP contribution is 1.97. The van der Waals surface area contributed by atoms with E-state index >= 15 is 0 Å². The molecule has 3 nitrogen and oxygen atoms in total. The summed E-state index contributed by atoms with van der Waals surface area (Å²) in [5.41, 5.74) is 1.57. The number of carbonyl (C=O) groups excluding carboxylic acids is 1. The highest BCUT2D eigenvalue weighted by atomic mass is 16.5. The van der Waals surface area contributed by atoms with E-state index < -0.39 is 0 Å². The van der Waals surface area contributed by atoms with E-state index in [4.69, 9.17) is 5.21 Å². The number of carbonyl (C=O) groups is 1. The molecule has 0 atom stereocenters. The second-order valence-electron chi connectivity index (χ2n) is 2.85. The molecule has 0 rings (SSSR count). The SMILES string of the molecule is CCCCCC#CCCC(=O)NO. The zero-order valence-corrected chi connectivity index (χ0v) is 8.10. The number of hydrogen-bond donors (Lipinski definition) is 2. The van der Waals surface area contributed by atoms with Crippen molar-refractivity contribution in [2.45, 2.75) is 45.4 Å². The fraction of sp³-hybridized carbons (Fsp3) is 0.700. The smallest absolute Gasteiger partial charge is 0.244 e. The molecule has 0 aliphatic rings. The van der Waals surface area contributed by atoms with Crippen LogP contribution in [0.5, 0.6) is 0 Å². The van der Waals surface area contributed by atoms with Crippen molar-refractivity contribution in [2.75, 3.05) is 0 Å². The van der Waals surface area contributed by atoms with Gasteiger partial charge in [0.2, 0.25) is 5.91 Å². The topological polar surface area (TPSA) is 49.3 Å². The van der Waals surface area contributed by atoms with Crippen LogP contribution in [-0.2, 0) is 4.79 Å².